The van der Waals surface area contributed by atoms with Crippen molar-refractivity contribution in [2.45, 2.75) is 25.9 Å². The van der Waals surface area contributed by atoms with Crippen molar-refractivity contribution in [3.8, 4) is 0 Å². The fourth-order valence-corrected chi connectivity index (χ4v) is 2.03. The van der Waals surface area contributed by atoms with Crippen molar-refractivity contribution < 1.29 is 27.4 Å². The molecule has 1 aromatic rings. The second-order valence-corrected chi connectivity index (χ2v) is 4.75. The van der Waals surface area contributed by atoms with Crippen LogP contribution in [-0.2, 0) is 20.7 Å². The fourth-order valence-electron chi connectivity index (χ4n) is 2.03. The predicted molar refractivity (Wildman–Crippen MR) is 74.1 cm³/mol. The lowest BCUT2D eigenvalue weighted by Crippen LogP contribution is -2.30. The Balaban J connectivity index is 2.14. The van der Waals surface area contributed by atoms with Gasteiger partial charge in [-0.2, -0.15) is 13.2 Å². The van der Waals surface area contributed by atoms with Crippen LogP contribution in [0.3, 0.4) is 0 Å². The molecule has 0 spiro atoms. The maximum atomic E-state index is 12.8. The van der Waals surface area contributed by atoms with Crippen molar-refractivity contribution in [3.05, 3.63) is 41.3 Å². The zero-order chi connectivity index (χ0) is 16.2. The Morgan fingerprint density at radius 1 is 1.18 bits per heavy atom. The first-order valence-electron chi connectivity index (χ1n) is 6.89. The molecular formula is C15H16F3NO3. The molecule has 4 nitrogen and oxygen atoms in total. The third-order valence-electron chi connectivity index (χ3n) is 3.00. The molecule has 1 aromatic carbocycles. The van der Waals surface area contributed by atoms with E-state index in [1.165, 1.54) is 0 Å². The molecule has 0 unspecified atom stereocenters. The summed E-state index contributed by atoms with van der Waals surface area (Å²) in [6.07, 6.45) is -2.88. The highest BCUT2D eigenvalue weighted by Crippen LogP contribution is 2.32. The third-order valence-corrected chi connectivity index (χ3v) is 3.00. The van der Waals surface area contributed by atoms with Gasteiger partial charge in [-0.3, -0.25) is 4.79 Å². The predicted octanol–water partition coefficient (Wildman–Crippen LogP) is 3.40. The highest BCUT2D eigenvalue weighted by molar-refractivity contribution is 6.02. The van der Waals surface area contributed by atoms with Gasteiger partial charge in [0.05, 0.1) is 0 Å². The molecule has 0 aromatic heterocycles. The molecule has 1 N–H and O–H groups in total. The number of anilines is 1. The van der Waals surface area contributed by atoms with E-state index in [0.717, 1.165) is 18.4 Å². The van der Waals surface area contributed by atoms with Gasteiger partial charge in [-0.05, 0) is 24.1 Å². The summed E-state index contributed by atoms with van der Waals surface area (Å²) in [5.74, 6) is -3.20. The SMILES string of the molecule is CCCc1ccc(NC(=O)C2=C(C(F)(F)F)OCCO2)cc1. The molecule has 22 heavy (non-hydrogen) atoms. The molecule has 120 valence electrons. The van der Waals surface area contributed by atoms with Crippen molar-refractivity contribution in [2.75, 3.05) is 18.5 Å². The van der Waals surface area contributed by atoms with Crippen LogP contribution in [0.1, 0.15) is 18.9 Å². The van der Waals surface area contributed by atoms with Crippen LogP contribution in [0.25, 0.3) is 0 Å². The monoisotopic (exact) mass is 315 g/mol. The van der Waals surface area contributed by atoms with Crippen molar-refractivity contribution >= 4 is 11.6 Å². The highest BCUT2D eigenvalue weighted by Gasteiger charge is 2.43. The maximum absolute atomic E-state index is 12.8. The highest BCUT2D eigenvalue weighted by atomic mass is 19.4. The summed E-state index contributed by atoms with van der Waals surface area (Å²) in [5.41, 5.74) is 1.49. The number of alkyl halides is 3. The number of carbonyl (C=O) groups is 1. The Morgan fingerprint density at radius 3 is 2.41 bits per heavy atom. The van der Waals surface area contributed by atoms with Crippen LogP contribution in [0.2, 0.25) is 0 Å². The third kappa shape index (κ3) is 3.93. The van der Waals surface area contributed by atoms with E-state index in [0.29, 0.717) is 5.69 Å². The van der Waals surface area contributed by atoms with Gasteiger partial charge in [0.15, 0.2) is 0 Å². The second-order valence-electron chi connectivity index (χ2n) is 4.75. The summed E-state index contributed by atoms with van der Waals surface area (Å²) >= 11 is 0. The van der Waals surface area contributed by atoms with E-state index in [1.807, 2.05) is 19.1 Å². The summed E-state index contributed by atoms with van der Waals surface area (Å²) in [6.45, 7) is 1.70. The number of aryl methyl sites for hydroxylation is 1. The Labute approximate surface area is 125 Å². The molecule has 0 atom stereocenters. The Morgan fingerprint density at radius 2 is 1.82 bits per heavy atom. The first-order valence-corrected chi connectivity index (χ1v) is 6.89. The lowest BCUT2D eigenvalue weighted by Gasteiger charge is -2.22. The minimum absolute atomic E-state index is 0.0994. The first-order chi connectivity index (χ1) is 10.4. The van der Waals surface area contributed by atoms with Crippen molar-refractivity contribution in [3.63, 3.8) is 0 Å². The van der Waals surface area contributed by atoms with Crippen LogP contribution in [-0.4, -0.2) is 25.3 Å². The lowest BCUT2D eigenvalue weighted by molar-refractivity contribution is -0.151. The molecule has 0 radical (unpaired) electrons. The van der Waals surface area contributed by atoms with Crippen LogP contribution in [0.4, 0.5) is 18.9 Å². The van der Waals surface area contributed by atoms with Gasteiger partial charge in [0.2, 0.25) is 11.5 Å². The number of rotatable bonds is 4. The van der Waals surface area contributed by atoms with E-state index in [2.05, 4.69) is 10.1 Å². The quantitative estimate of drug-likeness (QED) is 0.926. The summed E-state index contributed by atoms with van der Waals surface area (Å²) in [7, 11) is 0. The van der Waals surface area contributed by atoms with Crippen LogP contribution in [0.5, 0.6) is 0 Å². The van der Waals surface area contributed by atoms with Crippen molar-refractivity contribution in [1.82, 2.24) is 0 Å². The Kier molecular flexibility index (Phi) is 4.95. The van der Waals surface area contributed by atoms with E-state index < -0.39 is 23.6 Å². The van der Waals surface area contributed by atoms with Crippen LogP contribution < -0.4 is 5.32 Å². The zero-order valence-corrected chi connectivity index (χ0v) is 12.0. The fraction of sp³-hybridized carbons (Fsp3) is 0.400. The normalized spacial score (nSPS) is 15.1. The van der Waals surface area contributed by atoms with E-state index in [-0.39, 0.29) is 13.2 Å². The smallest absolute Gasteiger partial charge is 0.453 e. The second kappa shape index (κ2) is 6.72. The topological polar surface area (TPSA) is 47.6 Å². The number of nitrogens with one attached hydrogen (secondary N) is 1. The van der Waals surface area contributed by atoms with Gasteiger partial charge < -0.3 is 14.8 Å². The van der Waals surface area contributed by atoms with Gasteiger partial charge >= 0.3 is 6.18 Å². The number of hydrogen-bond acceptors (Lipinski definition) is 3. The minimum Gasteiger partial charge on any atom is -0.483 e. The maximum Gasteiger partial charge on any atom is 0.453 e. The number of ether oxygens (including phenoxy) is 2. The Hall–Kier alpha value is -2.18. The molecule has 1 aliphatic rings. The largest absolute Gasteiger partial charge is 0.483 e. The van der Waals surface area contributed by atoms with Gasteiger partial charge in [0.1, 0.15) is 13.2 Å². The molecule has 7 heteroatoms. The summed E-state index contributed by atoms with van der Waals surface area (Å²) in [5, 5.41) is 2.38. The van der Waals surface area contributed by atoms with Gasteiger partial charge in [-0.15, -0.1) is 0 Å². The number of halogens is 3. The molecule has 1 aliphatic heterocycles. The first kappa shape index (κ1) is 16.2. The summed E-state index contributed by atoms with van der Waals surface area (Å²) in [6, 6.07) is 6.91. The molecule has 0 saturated carbocycles. The standard InChI is InChI=1S/C15H16F3NO3/c1-2-3-10-4-6-11(7-5-10)19-14(20)12-13(15(16,17)18)22-9-8-21-12/h4-7H,2-3,8-9H2,1H3,(H,19,20). The van der Waals surface area contributed by atoms with Crippen molar-refractivity contribution in [2.24, 2.45) is 0 Å². The molecule has 2 rings (SSSR count). The number of benzene rings is 1. The van der Waals surface area contributed by atoms with Crippen LogP contribution in [0.15, 0.2) is 35.8 Å². The van der Waals surface area contributed by atoms with E-state index in [4.69, 9.17) is 4.74 Å². The van der Waals surface area contributed by atoms with Gasteiger partial charge in [0, 0.05) is 5.69 Å². The molecule has 0 saturated heterocycles. The minimum atomic E-state index is -4.77. The van der Waals surface area contributed by atoms with Crippen molar-refractivity contribution in [1.29, 1.82) is 0 Å². The molecule has 0 aliphatic carbocycles. The average molecular weight is 315 g/mol. The number of hydrogen-bond donors (Lipinski definition) is 1. The van der Waals surface area contributed by atoms with E-state index in [1.54, 1.807) is 12.1 Å². The number of allylic oxidation sites excluding steroid dienone is 1. The molecule has 1 heterocycles. The molecular weight excluding hydrogens is 299 g/mol. The van der Waals surface area contributed by atoms with Gasteiger partial charge in [-0.25, -0.2) is 0 Å². The molecule has 1 amide bonds. The number of amides is 1. The van der Waals surface area contributed by atoms with E-state index >= 15 is 0 Å². The average Bonchev–Trinajstić information content (AvgIpc) is 2.48. The lowest BCUT2D eigenvalue weighted by atomic mass is 10.1. The summed E-state index contributed by atoms with van der Waals surface area (Å²) < 4.78 is 47.7. The zero-order valence-electron chi connectivity index (χ0n) is 12.0. The number of carbonyl (C=O) groups excluding carboxylic acids is 1. The summed E-state index contributed by atoms with van der Waals surface area (Å²) in [4.78, 5) is 12.0. The van der Waals surface area contributed by atoms with Gasteiger partial charge in [-0.1, -0.05) is 25.5 Å². The van der Waals surface area contributed by atoms with Crippen LogP contribution >= 0.6 is 0 Å². The molecule has 0 bridgehead atoms. The van der Waals surface area contributed by atoms with Crippen LogP contribution in [0, 0.1) is 0 Å². The van der Waals surface area contributed by atoms with Gasteiger partial charge in [0.25, 0.3) is 5.91 Å². The Bertz CT molecular complexity index is 564. The molecule has 0 fully saturated rings. The van der Waals surface area contributed by atoms with E-state index in [9.17, 15) is 18.0 Å².